The van der Waals surface area contributed by atoms with Crippen LogP contribution in [0, 0.1) is 0 Å². The van der Waals surface area contributed by atoms with E-state index in [0.29, 0.717) is 4.90 Å². The van der Waals surface area contributed by atoms with Gasteiger partial charge in [-0.15, -0.1) is 0 Å². The summed E-state index contributed by atoms with van der Waals surface area (Å²) in [4.78, 5) is 60.3. The van der Waals surface area contributed by atoms with E-state index in [1.807, 2.05) is 0 Å². The number of fused-ring (bicyclic) bond motifs is 1. The van der Waals surface area contributed by atoms with Crippen molar-refractivity contribution in [2.75, 3.05) is 12.4 Å². The number of esters is 1. The van der Waals surface area contributed by atoms with E-state index in [1.165, 1.54) is 12.1 Å². The van der Waals surface area contributed by atoms with Crippen LogP contribution in [-0.4, -0.2) is 53.0 Å². The van der Waals surface area contributed by atoms with Crippen LogP contribution in [0.2, 0.25) is 0 Å². The Balaban J connectivity index is 2.19. The van der Waals surface area contributed by atoms with Crippen molar-refractivity contribution >= 4 is 45.5 Å². The van der Waals surface area contributed by atoms with Crippen molar-refractivity contribution in [2.24, 2.45) is 0 Å². The second-order valence-electron chi connectivity index (χ2n) is 4.89. The van der Waals surface area contributed by atoms with E-state index in [9.17, 15) is 24.0 Å². The van der Waals surface area contributed by atoms with E-state index < -0.39 is 29.9 Å². The minimum atomic E-state index is -1.29. The maximum Gasteiger partial charge on any atom is 0.332 e. The molecule has 24 heavy (non-hydrogen) atoms. The second kappa shape index (κ2) is 7.35. The highest BCUT2D eigenvalue weighted by Crippen LogP contribution is 2.22. The Hall–Kier alpha value is -2.55. The van der Waals surface area contributed by atoms with Gasteiger partial charge in [-0.3, -0.25) is 14.4 Å². The number of amides is 4. The largest absolute Gasteiger partial charge is 0.467 e. The Labute approximate surface area is 145 Å². The van der Waals surface area contributed by atoms with Gasteiger partial charge in [-0.05, 0) is 12.1 Å². The monoisotopic (exact) mass is 396 g/mol. The molecule has 0 spiro atoms. The van der Waals surface area contributed by atoms with Gasteiger partial charge in [0.2, 0.25) is 0 Å². The van der Waals surface area contributed by atoms with Crippen molar-refractivity contribution in [2.45, 2.75) is 12.5 Å². The Morgan fingerprint density at radius 2 is 1.71 bits per heavy atom. The van der Waals surface area contributed by atoms with Crippen molar-refractivity contribution in [3.63, 3.8) is 0 Å². The number of carbonyl (C=O) groups is 5. The molecule has 1 aliphatic rings. The summed E-state index contributed by atoms with van der Waals surface area (Å²) in [5, 5.41) is 2.19. The highest BCUT2D eigenvalue weighted by atomic mass is 79.9. The van der Waals surface area contributed by atoms with Gasteiger partial charge in [0.05, 0.1) is 23.6 Å². The average Bonchev–Trinajstić information content (AvgIpc) is 2.84. The summed E-state index contributed by atoms with van der Waals surface area (Å²) in [6.45, 7) is 0. The van der Waals surface area contributed by atoms with Gasteiger partial charge in [-0.1, -0.05) is 28.1 Å². The van der Waals surface area contributed by atoms with Crippen LogP contribution in [0.1, 0.15) is 27.1 Å². The lowest BCUT2D eigenvalue weighted by Gasteiger charge is -2.19. The molecule has 1 aliphatic heterocycles. The number of hydrogen-bond donors (Lipinski definition) is 1. The summed E-state index contributed by atoms with van der Waals surface area (Å²) in [6.07, 6.45) is -0.327. The topological polar surface area (TPSA) is 110 Å². The molecule has 1 heterocycles. The third kappa shape index (κ3) is 3.35. The molecule has 126 valence electrons. The summed E-state index contributed by atoms with van der Waals surface area (Å²) in [5.41, 5.74) is 0.201. The average molecular weight is 397 g/mol. The summed E-state index contributed by atoms with van der Waals surface area (Å²) >= 11 is 2.95. The predicted octanol–water partition coefficient (Wildman–Crippen LogP) is 0.888. The van der Waals surface area contributed by atoms with E-state index in [4.69, 9.17) is 0 Å². The van der Waals surface area contributed by atoms with Crippen LogP contribution < -0.4 is 5.32 Å². The first-order valence-corrected chi connectivity index (χ1v) is 7.96. The molecule has 2 rings (SSSR count). The molecular weight excluding hydrogens is 384 g/mol. The molecule has 1 aromatic carbocycles. The molecule has 0 aromatic heterocycles. The Morgan fingerprint density at radius 1 is 1.17 bits per heavy atom. The van der Waals surface area contributed by atoms with E-state index in [-0.39, 0.29) is 28.7 Å². The molecule has 1 N–H and O–H groups in total. The quantitative estimate of drug-likeness (QED) is 0.449. The molecule has 0 radical (unpaired) electrons. The van der Waals surface area contributed by atoms with Crippen LogP contribution in [0.5, 0.6) is 0 Å². The van der Waals surface area contributed by atoms with Crippen LogP contribution in [-0.2, 0) is 14.3 Å². The van der Waals surface area contributed by atoms with Crippen LogP contribution in [0.25, 0.3) is 0 Å². The molecule has 1 aromatic rings. The molecular formula is C15H13BrN2O6. The van der Waals surface area contributed by atoms with Crippen LogP contribution >= 0.6 is 15.9 Å². The molecule has 0 saturated heterocycles. The summed E-state index contributed by atoms with van der Waals surface area (Å²) in [5.74, 6) is -2.78. The number of nitrogens with one attached hydrogen (secondary N) is 1. The van der Waals surface area contributed by atoms with Crippen molar-refractivity contribution in [1.29, 1.82) is 0 Å². The summed E-state index contributed by atoms with van der Waals surface area (Å²) in [6, 6.07) is 3.61. The zero-order chi connectivity index (χ0) is 17.9. The minimum absolute atomic E-state index is 0.0105. The third-order valence-electron chi connectivity index (χ3n) is 3.36. The lowest BCUT2D eigenvalue weighted by Crippen LogP contribution is -2.51. The van der Waals surface area contributed by atoms with Crippen LogP contribution in [0.4, 0.5) is 4.79 Å². The van der Waals surface area contributed by atoms with Gasteiger partial charge in [0, 0.05) is 6.42 Å². The Morgan fingerprint density at radius 3 is 2.17 bits per heavy atom. The molecule has 0 fully saturated rings. The first kappa shape index (κ1) is 17.8. The van der Waals surface area contributed by atoms with Crippen molar-refractivity contribution in [1.82, 2.24) is 10.2 Å². The minimum Gasteiger partial charge on any atom is -0.467 e. The molecule has 0 aliphatic carbocycles. The zero-order valence-corrected chi connectivity index (χ0v) is 14.2. The van der Waals surface area contributed by atoms with Gasteiger partial charge in [0.15, 0.2) is 0 Å². The van der Waals surface area contributed by atoms with Crippen molar-refractivity contribution in [3.05, 3.63) is 35.4 Å². The number of benzene rings is 1. The molecule has 4 amide bonds. The number of alkyl halides is 1. The summed E-state index contributed by atoms with van der Waals surface area (Å²) in [7, 11) is 1.10. The molecule has 8 nitrogen and oxygen atoms in total. The van der Waals surface area contributed by atoms with Crippen LogP contribution in [0.3, 0.4) is 0 Å². The van der Waals surface area contributed by atoms with Gasteiger partial charge in [0.1, 0.15) is 11.8 Å². The van der Waals surface area contributed by atoms with Crippen molar-refractivity contribution in [3.8, 4) is 0 Å². The highest BCUT2D eigenvalue weighted by molar-refractivity contribution is 9.09. The molecule has 0 bridgehead atoms. The lowest BCUT2D eigenvalue weighted by atomic mass is 10.1. The number of halogens is 1. The SMILES string of the molecule is COC(=O)[C@H](CC(=O)CBr)NC(=O)N1C(=O)c2ccccc2C1=O. The normalized spacial score (nSPS) is 14.2. The lowest BCUT2D eigenvalue weighted by molar-refractivity contribution is -0.144. The predicted molar refractivity (Wildman–Crippen MR) is 84.7 cm³/mol. The zero-order valence-electron chi connectivity index (χ0n) is 12.6. The van der Waals surface area contributed by atoms with Crippen LogP contribution in [0.15, 0.2) is 24.3 Å². The fourth-order valence-corrected chi connectivity index (χ4v) is 2.43. The molecule has 9 heteroatoms. The number of nitrogens with zero attached hydrogens (tertiary/aromatic N) is 1. The van der Waals surface area contributed by atoms with Gasteiger partial charge in [-0.25, -0.2) is 9.59 Å². The number of Topliss-reactive ketones (excluding diaryl/α,β-unsaturated/α-hetero) is 1. The smallest absolute Gasteiger partial charge is 0.332 e. The third-order valence-corrected chi connectivity index (χ3v) is 3.99. The standard InChI is InChI=1S/C15H13BrN2O6/c1-24-14(22)11(6-8(19)7-16)17-15(23)18-12(20)9-4-2-3-5-10(9)13(18)21/h2-5,11H,6-7H2,1H3,(H,17,23)/t11-/m0/s1. The highest BCUT2D eigenvalue weighted by Gasteiger charge is 2.41. The Bertz CT molecular complexity index is 697. The maximum absolute atomic E-state index is 12.3. The number of imide groups is 3. The number of carbonyl (C=O) groups excluding carboxylic acids is 5. The number of rotatable bonds is 5. The first-order valence-electron chi connectivity index (χ1n) is 6.84. The molecule has 1 atom stereocenters. The summed E-state index contributed by atoms with van der Waals surface area (Å²) < 4.78 is 4.53. The molecule has 0 saturated carbocycles. The first-order chi connectivity index (χ1) is 11.4. The number of ether oxygens (including phenoxy) is 1. The number of ketones is 1. The van der Waals surface area contributed by atoms with Gasteiger partial charge in [-0.2, -0.15) is 4.90 Å². The second-order valence-corrected chi connectivity index (χ2v) is 5.45. The van der Waals surface area contributed by atoms with Gasteiger partial charge in [0.25, 0.3) is 11.8 Å². The van der Waals surface area contributed by atoms with E-state index in [2.05, 4.69) is 26.0 Å². The van der Waals surface area contributed by atoms with E-state index in [1.54, 1.807) is 12.1 Å². The fraction of sp³-hybridized carbons (Fsp3) is 0.267. The van der Waals surface area contributed by atoms with E-state index >= 15 is 0 Å². The van der Waals surface area contributed by atoms with Crippen molar-refractivity contribution < 1.29 is 28.7 Å². The van der Waals surface area contributed by atoms with Gasteiger partial charge >= 0.3 is 12.0 Å². The number of hydrogen-bond acceptors (Lipinski definition) is 6. The molecule has 0 unspecified atom stereocenters. The van der Waals surface area contributed by atoms with E-state index in [0.717, 1.165) is 7.11 Å². The number of urea groups is 1. The maximum atomic E-state index is 12.3. The Kier molecular flexibility index (Phi) is 5.45. The van der Waals surface area contributed by atoms with Gasteiger partial charge < -0.3 is 10.1 Å². The number of methoxy groups -OCH3 is 1. The fourth-order valence-electron chi connectivity index (χ4n) is 2.21.